The fourth-order valence-electron chi connectivity index (χ4n) is 6.28. The van der Waals surface area contributed by atoms with E-state index in [-0.39, 0.29) is 47.3 Å². The number of methoxy groups -OCH3 is 1. The first kappa shape index (κ1) is 26.5. The summed E-state index contributed by atoms with van der Waals surface area (Å²) < 4.78 is 9.10. The number of carbonyl (C=O) groups is 2. The number of likely N-dealkylation sites (tertiary alicyclic amines) is 1. The normalized spacial score (nSPS) is 23.3. The third-order valence-electron chi connectivity index (χ3n) is 7.83. The first-order chi connectivity index (χ1) is 17.6. The number of pyridine rings is 1. The second kappa shape index (κ2) is 9.91. The Kier molecular flexibility index (Phi) is 7.10. The maximum absolute atomic E-state index is 14.0. The Morgan fingerprint density at radius 2 is 1.76 bits per heavy atom. The molecule has 37 heavy (non-hydrogen) atoms. The molecule has 2 fully saturated rings. The molecule has 196 valence electrons. The first-order valence-corrected chi connectivity index (χ1v) is 14.1. The van der Waals surface area contributed by atoms with Crippen LogP contribution in [0.4, 0.5) is 0 Å². The third-order valence-corrected chi connectivity index (χ3v) is 9.43. The molecule has 3 aliphatic heterocycles. The number of fused-ring (bicyclic) bond motifs is 4. The maximum atomic E-state index is 14.0. The Hall–Kier alpha value is -2.08. The Balaban J connectivity index is 1.55. The highest BCUT2D eigenvalue weighted by molar-refractivity contribution is 9.11. The Bertz CT molecular complexity index is 1340. The zero-order valence-corrected chi connectivity index (χ0v) is 24.9. The molecule has 0 N–H and O–H groups in total. The van der Waals surface area contributed by atoms with Crippen LogP contribution < -0.4 is 10.3 Å². The number of ether oxygens (including phenoxy) is 1. The van der Waals surface area contributed by atoms with E-state index < -0.39 is 5.41 Å². The summed E-state index contributed by atoms with van der Waals surface area (Å²) in [5, 5.41) is 0.192. The number of benzene rings is 1. The Morgan fingerprint density at radius 1 is 1.05 bits per heavy atom. The van der Waals surface area contributed by atoms with Crippen LogP contribution in [0.2, 0.25) is 0 Å². The van der Waals surface area contributed by atoms with Gasteiger partial charge in [0.25, 0.3) is 5.56 Å². The topological polar surface area (TPSA) is 75.1 Å². The van der Waals surface area contributed by atoms with E-state index in [2.05, 4.69) is 36.8 Å². The summed E-state index contributed by atoms with van der Waals surface area (Å²) in [5.41, 5.74) is 0.409. The number of hydrogen-bond donors (Lipinski definition) is 0. The van der Waals surface area contributed by atoms with Crippen LogP contribution in [0.25, 0.3) is 0 Å². The first-order valence-electron chi connectivity index (χ1n) is 12.1. The third kappa shape index (κ3) is 4.47. The highest BCUT2D eigenvalue weighted by atomic mass is 79.9. The molecule has 0 spiro atoms. The average Bonchev–Trinajstić information content (AvgIpc) is 2.85. The number of carbonyl (C=O) groups excluding carboxylic acids is 2. The van der Waals surface area contributed by atoms with E-state index >= 15 is 0 Å². The van der Waals surface area contributed by atoms with E-state index in [0.29, 0.717) is 25.4 Å². The molecule has 0 aliphatic carbocycles. The quantitative estimate of drug-likeness (QED) is 0.365. The van der Waals surface area contributed by atoms with E-state index in [1.807, 2.05) is 28.8 Å². The minimum atomic E-state index is -1.39. The molecule has 11 heteroatoms. The van der Waals surface area contributed by atoms with Gasteiger partial charge in [-0.15, -0.1) is 0 Å². The van der Waals surface area contributed by atoms with Crippen LogP contribution in [0.5, 0.6) is 5.75 Å². The lowest BCUT2D eigenvalue weighted by Crippen LogP contribution is -2.67. The molecule has 0 unspecified atom stereocenters. The highest BCUT2D eigenvalue weighted by Crippen LogP contribution is 2.42. The van der Waals surface area contributed by atoms with Crippen LogP contribution in [-0.2, 0) is 22.6 Å². The molecule has 5 rings (SSSR count). The summed E-state index contributed by atoms with van der Waals surface area (Å²) in [6.07, 6.45) is 1.15. The van der Waals surface area contributed by atoms with Crippen LogP contribution in [-0.4, -0.2) is 77.0 Å². The van der Waals surface area contributed by atoms with E-state index in [0.717, 1.165) is 26.6 Å². The highest BCUT2D eigenvalue weighted by Gasteiger charge is 2.56. The second-order valence-electron chi connectivity index (χ2n) is 10.2. The fraction of sp³-hybridized carbons (Fsp3) is 0.462. The Morgan fingerprint density at radius 3 is 2.43 bits per heavy atom. The van der Waals surface area contributed by atoms with E-state index in [9.17, 15) is 14.4 Å². The number of amides is 2. The van der Waals surface area contributed by atoms with Crippen molar-refractivity contribution < 1.29 is 14.3 Å². The van der Waals surface area contributed by atoms with E-state index in [1.165, 1.54) is 9.80 Å². The molecule has 2 aromatic rings. The van der Waals surface area contributed by atoms with Crippen molar-refractivity contribution in [3.63, 3.8) is 0 Å². The van der Waals surface area contributed by atoms with Gasteiger partial charge in [-0.3, -0.25) is 24.2 Å². The fourth-order valence-corrected chi connectivity index (χ4v) is 7.92. The summed E-state index contributed by atoms with van der Waals surface area (Å²) in [6.45, 7) is 2.27. The molecular weight excluding hydrogens is 624 g/mol. The molecule has 1 aromatic carbocycles. The van der Waals surface area contributed by atoms with E-state index in [4.69, 9.17) is 17.0 Å². The van der Waals surface area contributed by atoms with Crippen molar-refractivity contribution in [2.45, 2.75) is 25.3 Å². The van der Waals surface area contributed by atoms with E-state index in [1.54, 1.807) is 27.3 Å². The summed E-state index contributed by atoms with van der Waals surface area (Å²) in [7, 11) is 4.83. The lowest BCUT2D eigenvalue weighted by Gasteiger charge is -2.48. The second-order valence-corrected chi connectivity index (χ2v) is 12.4. The number of aromatic nitrogens is 1. The van der Waals surface area contributed by atoms with Crippen LogP contribution in [0.3, 0.4) is 0 Å². The lowest BCUT2D eigenvalue weighted by atomic mass is 9.75. The smallest absolute Gasteiger partial charge is 0.250 e. The summed E-state index contributed by atoms with van der Waals surface area (Å²) in [4.78, 5) is 45.5. The van der Waals surface area contributed by atoms with Crippen molar-refractivity contribution in [3.8, 4) is 5.75 Å². The molecule has 3 aliphatic rings. The van der Waals surface area contributed by atoms with Crippen molar-refractivity contribution in [1.29, 1.82) is 0 Å². The Labute approximate surface area is 237 Å². The number of rotatable bonds is 5. The van der Waals surface area contributed by atoms with Crippen LogP contribution in [0, 0.1) is 11.3 Å². The molecule has 4 heterocycles. The average molecular weight is 652 g/mol. The molecular formula is C26H28Br2N4O4S. The van der Waals surface area contributed by atoms with Crippen LogP contribution in [0.15, 0.2) is 44.1 Å². The van der Waals surface area contributed by atoms with Crippen molar-refractivity contribution in [2.24, 2.45) is 11.3 Å². The van der Waals surface area contributed by atoms with Gasteiger partial charge in [0, 0.05) is 68.8 Å². The molecule has 0 radical (unpaired) electrons. The summed E-state index contributed by atoms with van der Waals surface area (Å²) >= 11 is 12.5. The van der Waals surface area contributed by atoms with Gasteiger partial charge in [0.05, 0.1) is 11.6 Å². The van der Waals surface area contributed by atoms with Gasteiger partial charge in [-0.1, -0.05) is 22.0 Å². The van der Waals surface area contributed by atoms with Gasteiger partial charge in [0.1, 0.15) is 11.2 Å². The summed E-state index contributed by atoms with van der Waals surface area (Å²) in [6, 6.07) is 9.20. The molecule has 0 saturated carbocycles. The number of piperidine rings is 1. The van der Waals surface area contributed by atoms with Gasteiger partial charge in [0.2, 0.25) is 11.8 Å². The monoisotopic (exact) mass is 650 g/mol. The number of nitrogens with zero attached hydrogens (tertiary/aromatic N) is 4. The predicted molar refractivity (Wildman–Crippen MR) is 151 cm³/mol. The number of halogens is 2. The van der Waals surface area contributed by atoms with Crippen molar-refractivity contribution in [1.82, 2.24) is 19.3 Å². The minimum Gasteiger partial charge on any atom is -0.495 e. The van der Waals surface area contributed by atoms with Gasteiger partial charge < -0.3 is 14.2 Å². The van der Waals surface area contributed by atoms with Crippen LogP contribution in [0.1, 0.15) is 23.6 Å². The largest absolute Gasteiger partial charge is 0.495 e. The molecule has 2 saturated heterocycles. The zero-order valence-electron chi connectivity index (χ0n) is 20.9. The molecule has 1 aromatic heterocycles. The minimum absolute atomic E-state index is 0.0267. The van der Waals surface area contributed by atoms with Crippen molar-refractivity contribution in [2.75, 3.05) is 40.8 Å². The van der Waals surface area contributed by atoms with Gasteiger partial charge in [-0.25, -0.2) is 0 Å². The summed E-state index contributed by atoms with van der Waals surface area (Å²) in [5.74, 6) is 0.393. The van der Waals surface area contributed by atoms with Crippen molar-refractivity contribution in [3.05, 3.63) is 60.9 Å². The van der Waals surface area contributed by atoms with Gasteiger partial charge in [-0.05, 0) is 64.2 Å². The van der Waals surface area contributed by atoms with Gasteiger partial charge >= 0.3 is 0 Å². The van der Waals surface area contributed by atoms with Gasteiger partial charge in [-0.2, -0.15) is 0 Å². The van der Waals surface area contributed by atoms with Gasteiger partial charge in [0.15, 0.2) is 5.11 Å². The maximum Gasteiger partial charge on any atom is 0.250 e. The zero-order chi connectivity index (χ0) is 26.6. The van der Waals surface area contributed by atoms with Crippen LogP contribution >= 0.6 is 44.1 Å². The molecule has 8 nitrogen and oxygen atoms in total. The number of hydrogen-bond acceptors (Lipinski definition) is 6. The lowest BCUT2D eigenvalue weighted by molar-refractivity contribution is -0.157. The van der Waals surface area contributed by atoms with Crippen molar-refractivity contribution >= 4 is 61.0 Å². The number of thiocarbonyl (C=S) groups is 1. The standard InChI is InChI=1S/C26H28Br2N4O4S/c1-29-23(34)26(24(35)30(2)25(29)37,10-16-8-18(27)9-19(28)22(16)36-3)14-31-11-15-7-17(13-31)20-5-4-6-21(33)32(20)12-15/h4-6,8-9,15,17H,7,10-14H2,1-3H3/t15-,17-/m0/s1. The molecule has 2 bridgehead atoms. The molecule has 2 amide bonds. The predicted octanol–water partition coefficient (Wildman–Crippen LogP) is 3.25. The SMILES string of the molecule is COc1c(Br)cc(Br)cc1CC1(CN2C[C@@H]3C[C@@H](C2)c2cccc(=O)n2C3)C(=O)N(C)C(=S)N(C)C1=O. The molecule has 2 atom stereocenters.